The van der Waals surface area contributed by atoms with Crippen molar-refractivity contribution >= 4 is 17.2 Å². The number of carbonyl (C=O) groups excluding carboxylic acids is 1. The van der Waals surface area contributed by atoms with Crippen molar-refractivity contribution in [1.29, 1.82) is 0 Å². The van der Waals surface area contributed by atoms with E-state index in [0.717, 1.165) is 44.8 Å². The Bertz CT molecular complexity index is 1060. The minimum Gasteiger partial charge on any atom is -0.366 e. The quantitative estimate of drug-likeness (QED) is 0.664. The molecule has 2 aromatic heterocycles. The standard InChI is InChI=1S/C25H32N6O/c1-2-27-25(32)30-14-12-29(13-15-30)23-9-11-28-31-18-22(16-24(23)31)20-7-5-19(6-8-20)21-4-3-10-26-17-21/h5-9,11,16,18,21,26H,2-4,10,12-15,17H2,1H3,(H,27,32). The lowest BCUT2D eigenvalue weighted by molar-refractivity contribution is 0.195. The number of hydrogen-bond acceptors (Lipinski definition) is 4. The van der Waals surface area contributed by atoms with Crippen LogP contribution in [-0.4, -0.2) is 66.4 Å². The van der Waals surface area contributed by atoms with Gasteiger partial charge in [0, 0.05) is 57.2 Å². The molecular weight excluding hydrogens is 400 g/mol. The topological polar surface area (TPSA) is 64.9 Å². The summed E-state index contributed by atoms with van der Waals surface area (Å²) in [7, 11) is 0. The molecule has 1 unspecified atom stereocenters. The Morgan fingerprint density at radius 3 is 2.66 bits per heavy atom. The van der Waals surface area contributed by atoms with Gasteiger partial charge in [0.2, 0.25) is 0 Å². The first-order chi connectivity index (χ1) is 15.7. The zero-order chi connectivity index (χ0) is 21.9. The summed E-state index contributed by atoms with van der Waals surface area (Å²) < 4.78 is 1.97. The van der Waals surface area contributed by atoms with Crippen LogP contribution >= 0.6 is 0 Å². The third-order valence-electron chi connectivity index (χ3n) is 6.73. The Kier molecular flexibility index (Phi) is 5.99. The van der Waals surface area contributed by atoms with Crippen molar-refractivity contribution in [3.8, 4) is 11.1 Å². The molecule has 4 heterocycles. The molecule has 0 radical (unpaired) electrons. The Labute approximate surface area is 189 Å². The zero-order valence-corrected chi connectivity index (χ0v) is 18.8. The number of rotatable bonds is 4. The van der Waals surface area contributed by atoms with Crippen LogP contribution < -0.4 is 15.5 Å². The van der Waals surface area contributed by atoms with Crippen molar-refractivity contribution in [3.63, 3.8) is 0 Å². The smallest absolute Gasteiger partial charge is 0.317 e. The van der Waals surface area contributed by atoms with Crippen LogP contribution in [0, 0.1) is 0 Å². The minimum absolute atomic E-state index is 0.0319. The molecule has 0 bridgehead atoms. The molecule has 0 spiro atoms. The molecule has 1 atom stereocenters. The summed E-state index contributed by atoms with van der Waals surface area (Å²) in [6, 6.07) is 13.4. The van der Waals surface area contributed by atoms with Gasteiger partial charge in [0.25, 0.3) is 0 Å². The molecule has 3 aromatic rings. The number of urea groups is 1. The highest BCUT2D eigenvalue weighted by molar-refractivity contribution is 5.80. The van der Waals surface area contributed by atoms with Crippen LogP contribution in [0.15, 0.2) is 48.8 Å². The Hall–Kier alpha value is -3.06. The third-order valence-corrected chi connectivity index (χ3v) is 6.73. The van der Waals surface area contributed by atoms with E-state index in [-0.39, 0.29) is 6.03 Å². The molecular formula is C25H32N6O. The van der Waals surface area contributed by atoms with Crippen molar-refractivity contribution in [2.75, 3.05) is 50.7 Å². The highest BCUT2D eigenvalue weighted by Crippen LogP contribution is 2.30. The van der Waals surface area contributed by atoms with Crippen LogP contribution in [0.4, 0.5) is 10.5 Å². The maximum absolute atomic E-state index is 12.1. The van der Waals surface area contributed by atoms with Crippen LogP contribution in [0.2, 0.25) is 0 Å². The number of piperazine rings is 1. The summed E-state index contributed by atoms with van der Waals surface area (Å²) in [4.78, 5) is 16.4. The molecule has 2 saturated heterocycles. The van der Waals surface area contributed by atoms with Gasteiger partial charge in [0.15, 0.2) is 0 Å². The zero-order valence-electron chi connectivity index (χ0n) is 18.8. The van der Waals surface area contributed by atoms with Gasteiger partial charge in [-0.05, 0) is 55.5 Å². The molecule has 2 aliphatic rings. The second-order valence-corrected chi connectivity index (χ2v) is 8.75. The molecule has 7 nitrogen and oxygen atoms in total. The maximum Gasteiger partial charge on any atom is 0.317 e. The first-order valence-electron chi connectivity index (χ1n) is 11.8. The van der Waals surface area contributed by atoms with E-state index in [1.54, 1.807) is 0 Å². The number of nitrogens with one attached hydrogen (secondary N) is 2. The lowest BCUT2D eigenvalue weighted by atomic mass is 9.91. The van der Waals surface area contributed by atoms with E-state index in [0.29, 0.717) is 12.5 Å². The van der Waals surface area contributed by atoms with Gasteiger partial charge >= 0.3 is 6.03 Å². The molecule has 0 aliphatic carbocycles. The SMILES string of the molecule is CCNC(=O)N1CCN(c2ccnn3cc(-c4ccc(C5CCCNC5)cc4)cc23)CC1. The van der Waals surface area contributed by atoms with Crippen molar-refractivity contribution < 1.29 is 4.79 Å². The lowest BCUT2D eigenvalue weighted by Crippen LogP contribution is -2.51. The summed E-state index contributed by atoms with van der Waals surface area (Å²) in [6.07, 6.45) is 6.49. The summed E-state index contributed by atoms with van der Waals surface area (Å²) in [6.45, 7) is 7.93. The van der Waals surface area contributed by atoms with Gasteiger partial charge in [-0.1, -0.05) is 24.3 Å². The average Bonchev–Trinajstić information content (AvgIpc) is 3.30. The van der Waals surface area contributed by atoms with Crippen molar-refractivity contribution in [1.82, 2.24) is 25.1 Å². The molecule has 2 fully saturated rings. The largest absolute Gasteiger partial charge is 0.366 e. The molecule has 168 valence electrons. The molecule has 32 heavy (non-hydrogen) atoms. The third kappa shape index (κ3) is 4.17. The molecule has 2 N–H and O–H groups in total. The van der Waals surface area contributed by atoms with Crippen molar-refractivity contribution in [2.45, 2.75) is 25.7 Å². The predicted octanol–water partition coefficient (Wildman–Crippen LogP) is 3.32. The molecule has 2 amide bonds. The molecule has 5 rings (SSSR count). The van der Waals surface area contributed by atoms with Gasteiger partial charge in [0.05, 0.1) is 11.2 Å². The number of fused-ring (bicyclic) bond motifs is 1. The van der Waals surface area contributed by atoms with E-state index in [1.165, 1.54) is 35.2 Å². The van der Waals surface area contributed by atoms with Gasteiger partial charge in [-0.25, -0.2) is 9.31 Å². The second-order valence-electron chi connectivity index (χ2n) is 8.75. The fraction of sp³-hybridized carbons (Fsp3) is 0.440. The highest BCUT2D eigenvalue weighted by atomic mass is 16.2. The van der Waals surface area contributed by atoms with Crippen LogP contribution in [0.1, 0.15) is 31.2 Å². The summed E-state index contributed by atoms with van der Waals surface area (Å²) >= 11 is 0. The normalized spacial score (nSPS) is 19.3. The van der Waals surface area contributed by atoms with E-state index in [1.807, 2.05) is 22.5 Å². The van der Waals surface area contributed by atoms with Crippen LogP contribution in [0.25, 0.3) is 16.6 Å². The van der Waals surface area contributed by atoms with Crippen LogP contribution in [0.3, 0.4) is 0 Å². The van der Waals surface area contributed by atoms with Gasteiger partial charge in [-0.2, -0.15) is 5.10 Å². The van der Waals surface area contributed by atoms with E-state index in [4.69, 9.17) is 0 Å². The van der Waals surface area contributed by atoms with Crippen molar-refractivity contribution in [3.05, 3.63) is 54.4 Å². The van der Waals surface area contributed by atoms with E-state index in [9.17, 15) is 4.79 Å². The number of aromatic nitrogens is 2. The number of amides is 2. The van der Waals surface area contributed by atoms with Crippen LogP contribution in [0.5, 0.6) is 0 Å². The molecule has 7 heteroatoms. The van der Waals surface area contributed by atoms with Crippen LogP contribution in [-0.2, 0) is 0 Å². The Morgan fingerprint density at radius 1 is 1.12 bits per heavy atom. The fourth-order valence-electron chi connectivity index (χ4n) is 4.92. The maximum atomic E-state index is 12.1. The summed E-state index contributed by atoms with van der Waals surface area (Å²) in [5.41, 5.74) is 6.10. The van der Waals surface area contributed by atoms with Gasteiger partial charge < -0.3 is 20.4 Å². The first kappa shape index (κ1) is 20.8. The van der Waals surface area contributed by atoms with E-state index >= 15 is 0 Å². The monoisotopic (exact) mass is 432 g/mol. The number of nitrogens with zero attached hydrogens (tertiary/aromatic N) is 4. The number of benzene rings is 1. The van der Waals surface area contributed by atoms with Gasteiger partial charge in [0.1, 0.15) is 0 Å². The van der Waals surface area contributed by atoms with Gasteiger partial charge in [-0.3, -0.25) is 0 Å². The Morgan fingerprint density at radius 2 is 1.94 bits per heavy atom. The number of anilines is 1. The number of piperidine rings is 1. The molecule has 1 aromatic carbocycles. The average molecular weight is 433 g/mol. The van der Waals surface area contributed by atoms with Gasteiger partial charge in [-0.15, -0.1) is 0 Å². The van der Waals surface area contributed by atoms with Crippen molar-refractivity contribution in [2.24, 2.45) is 0 Å². The predicted molar refractivity (Wildman–Crippen MR) is 128 cm³/mol. The molecule has 0 saturated carbocycles. The van der Waals surface area contributed by atoms with E-state index < -0.39 is 0 Å². The highest BCUT2D eigenvalue weighted by Gasteiger charge is 2.22. The Balaban J connectivity index is 1.34. The number of hydrogen-bond donors (Lipinski definition) is 2. The second kappa shape index (κ2) is 9.20. The lowest BCUT2D eigenvalue weighted by Gasteiger charge is -2.36. The summed E-state index contributed by atoms with van der Waals surface area (Å²) in [5, 5.41) is 11.0. The minimum atomic E-state index is 0.0319. The molecule has 2 aliphatic heterocycles. The number of carbonyl (C=O) groups is 1. The summed E-state index contributed by atoms with van der Waals surface area (Å²) in [5.74, 6) is 0.622. The fourth-order valence-corrected chi connectivity index (χ4v) is 4.92. The van der Waals surface area contributed by atoms with E-state index in [2.05, 4.69) is 63.2 Å². The first-order valence-corrected chi connectivity index (χ1v) is 11.8.